The zero-order valence-corrected chi connectivity index (χ0v) is 10.9. The van der Waals surface area contributed by atoms with Gasteiger partial charge in [0.2, 0.25) is 0 Å². The molecule has 1 fully saturated rings. The van der Waals surface area contributed by atoms with Crippen molar-refractivity contribution in [3.05, 3.63) is 5.82 Å². The third-order valence-electron chi connectivity index (χ3n) is 2.93. The average Bonchev–Trinajstić information content (AvgIpc) is 2.85. The van der Waals surface area contributed by atoms with Crippen LogP contribution >= 0.6 is 11.8 Å². The second kappa shape index (κ2) is 5.08. The minimum atomic E-state index is -0.814. The molecule has 2 unspecified atom stereocenters. The van der Waals surface area contributed by atoms with E-state index in [9.17, 15) is 4.79 Å². The summed E-state index contributed by atoms with van der Waals surface area (Å²) in [6.07, 6.45) is 3.09. The maximum absolute atomic E-state index is 10.6. The summed E-state index contributed by atoms with van der Waals surface area (Å²) in [5, 5.41) is 17.8. The van der Waals surface area contributed by atoms with E-state index in [1.165, 1.54) is 11.8 Å². The van der Waals surface area contributed by atoms with Gasteiger partial charge in [-0.3, -0.25) is 4.79 Å². The van der Waals surface area contributed by atoms with Crippen molar-refractivity contribution in [1.29, 1.82) is 0 Å². The predicted molar refractivity (Wildman–Crippen MR) is 65.2 cm³/mol. The Balaban J connectivity index is 2.16. The molecule has 5 nitrogen and oxygen atoms in total. The summed E-state index contributed by atoms with van der Waals surface area (Å²) in [4.78, 5) is 10.6. The lowest BCUT2D eigenvalue weighted by Gasteiger charge is -2.07. The fourth-order valence-corrected chi connectivity index (χ4v) is 2.65. The summed E-state index contributed by atoms with van der Waals surface area (Å²) in [7, 11) is 0. The number of carboxylic acid groups (broad SMARTS) is 1. The third kappa shape index (κ3) is 2.80. The highest BCUT2D eigenvalue weighted by atomic mass is 32.2. The Morgan fingerprint density at radius 2 is 2.29 bits per heavy atom. The van der Waals surface area contributed by atoms with E-state index in [1.807, 2.05) is 0 Å². The Morgan fingerprint density at radius 1 is 1.59 bits per heavy atom. The molecule has 1 aromatic rings. The predicted octanol–water partition coefficient (Wildman–Crippen LogP) is 1.99. The van der Waals surface area contributed by atoms with Gasteiger partial charge in [0, 0.05) is 12.5 Å². The number of hydrogen-bond donors (Lipinski definition) is 1. The molecule has 2 rings (SSSR count). The topological polar surface area (TPSA) is 68.0 Å². The Hall–Kier alpha value is -1.04. The molecule has 0 amide bonds. The number of aliphatic carboxylic acids is 1. The van der Waals surface area contributed by atoms with Crippen LogP contribution in [-0.2, 0) is 11.2 Å². The minimum Gasteiger partial charge on any atom is -0.481 e. The summed E-state index contributed by atoms with van der Waals surface area (Å²) < 4.78 is 2.14. The van der Waals surface area contributed by atoms with Crippen LogP contribution in [-0.4, -0.2) is 31.6 Å². The molecule has 0 spiro atoms. The summed E-state index contributed by atoms with van der Waals surface area (Å²) in [6, 6.07) is 0.475. The van der Waals surface area contributed by atoms with Crippen LogP contribution in [0.5, 0.6) is 0 Å². The maximum atomic E-state index is 10.6. The van der Waals surface area contributed by atoms with Crippen molar-refractivity contribution in [2.24, 2.45) is 5.92 Å². The van der Waals surface area contributed by atoms with Crippen molar-refractivity contribution in [2.75, 3.05) is 5.75 Å². The standard InChI is InChI=1S/C11H17N3O2S/c1-3-4-9-12-13-11(17-6-10(15)16)14(9)8-5-7(8)2/h7-8H,3-6H2,1-2H3,(H,15,16). The number of carbonyl (C=O) groups is 1. The lowest BCUT2D eigenvalue weighted by atomic mass is 10.3. The number of aromatic nitrogens is 3. The quantitative estimate of drug-likeness (QED) is 0.787. The number of carboxylic acids is 1. The van der Waals surface area contributed by atoms with E-state index in [4.69, 9.17) is 5.11 Å². The van der Waals surface area contributed by atoms with E-state index < -0.39 is 5.97 Å². The summed E-state index contributed by atoms with van der Waals surface area (Å²) in [6.45, 7) is 4.31. The molecule has 1 N–H and O–H groups in total. The number of nitrogens with zero attached hydrogens (tertiary/aromatic N) is 3. The van der Waals surface area contributed by atoms with Gasteiger partial charge in [-0.1, -0.05) is 25.6 Å². The second-order valence-corrected chi connectivity index (χ2v) is 5.42. The van der Waals surface area contributed by atoms with Gasteiger partial charge in [-0.2, -0.15) is 0 Å². The third-order valence-corrected chi connectivity index (χ3v) is 3.86. The van der Waals surface area contributed by atoms with E-state index in [-0.39, 0.29) is 5.75 Å². The van der Waals surface area contributed by atoms with Crippen LogP contribution in [0, 0.1) is 5.92 Å². The van der Waals surface area contributed by atoms with Gasteiger partial charge in [0.25, 0.3) is 0 Å². The molecule has 6 heteroatoms. The second-order valence-electron chi connectivity index (χ2n) is 4.48. The van der Waals surface area contributed by atoms with Gasteiger partial charge in [-0.05, 0) is 18.8 Å². The molecule has 0 aromatic carbocycles. The molecule has 1 heterocycles. The largest absolute Gasteiger partial charge is 0.481 e. The van der Waals surface area contributed by atoms with Crippen LogP contribution in [0.15, 0.2) is 5.16 Å². The fraction of sp³-hybridized carbons (Fsp3) is 0.727. The zero-order valence-electron chi connectivity index (χ0n) is 10.1. The first kappa shape index (κ1) is 12.4. The maximum Gasteiger partial charge on any atom is 0.313 e. The molecular formula is C11H17N3O2S. The molecule has 0 bridgehead atoms. The van der Waals surface area contributed by atoms with Gasteiger partial charge in [0.15, 0.2) is 5.16 Å². The van der Waals surface area contributed by atoms with Gasteiger partial charge in [0.1, 0.15) is 5.82 Å². The van der Waals surface area contributed by atoms with Gasteiger partial charge in [-0.25, -0.2) is 0 Å². The molecule has 2 atom stereocenters. The SMILES string of the molecule is CCCc1nnc(SCC(=O)O)n1C1CC1C. The van der Waals surface area contributed by atoms with Crippen LogP contribution in [0.25, 0.3) is 0 Å². The molecule has 1 aromatic heterocycles. The first-order chi connectivity index (χ1) is 8.13. The zero-order chi connectivity index (χ0) is 12.4. The monoisotopic (exact) mass is 255 g/mol. The lowest BCUT2D eigenvalue weighted by molar-refractivity contribution is -0.133. The van der Waals surface area contributed by atoms with Gasteiger partial charge in [-0.15, -0.1) is 10.2 Å². The molecule has 17 heavy (non-hydrogen) atoms. The molecule has 0 saturated heterocycles. The van der Waals surface area contributed by atoms with E-state index in [0.717, 1.165) is 30.2 Å². The first-order valence-corrected chi connectivity index (χ1v) is 6.90. The van der Waals surface area contributed by atoms with Gasteiger partial charge in [0.05, 0.1) is 5.75 Å². The Bertz CT molecular complexity index is 419. The lowest BCUT2D eigenvalue weighted by Crippen LogP contribution is -2.06. The van der Waals surface area contributed by atoms with Crippen LogP contribution in [0.2, 0.25) is 0 Å². The summed E-state index contributed by atoms with van der Waals surface area (Å²) >= 11 is 1.26. The van der Waals surface area contributed by atoms with Gasteiger partial charge < -0.3 is 9.67 Å². The van der Waals surface area contributed by atoms with Gasteiger partial charge >= 0.3 is 5.97 Å². The number of hydrogen-bond acceptors (Lipinski definition) is 4. The Kier molecular flexibility index (Phi) is 3.71. The molecular weight excluding hydrogens is 238 g/mol. The van der Waals surface area contributed by atoms with Crippen LogP contribution in [0.3, 0.4) is 0 Å². The van der Waals surface area contributed by atoms with Crippen molar-refractivity contribution in [2.45, 2.75) is 44.3 Å². The first-order valence-electron chi connectivity index (χ1n) is 5.91. The fourth-order valence-electron chi connectivity index (χ4n) is 1.92. The minimum absolute atomic E-state index is 0.0470. The van der Waals surface area contributed by atoms with Crippen molar-refractivity contribution < 1.29 is 9.90 Å². The molecule has 1 saturated carbocycles. The van der Waals surface area contributed by atoms with Crippen LogP contribution in [0.1, 0.15) is 38.6 Å². The van der Waals surface area contributed by atoms with Crippen molar-refractivity contribution in [1.82, 2.24) is 14.8 Å². The highest BCUT2D eigenvalue weighted by Gasteiger charge is 2.37. The van der Waals surface area contributed by atoms with Crippen LogP contribution in [0.4, 0.5) is 0 Å². The van der Waals surface area contributed by atoms with Crippen molar-refractivity contribution >= 4 is 17.7 Å². The van der Waals surface area contributed by atoms with E-state index in [1.54, 1.807) is 0 Å². The molecule has 1 aliphatic carbocycles. The Labute approximate surface area is 105 Å². The van der Waals surface area contributed by atoms with Crippen LogP contribution < -0.4 is 0 Å². The number of aryl methyl sites for hydroxylation is 1. The molecule has 0 radical (unpaired) electrons. The number of rotatable bonds is 6. The highest BCUT2D eigenvalue weighted by molar-refractivity contribution is 7.99. The van der Waals surface area contributed by atoms with Crippen molar-refractivity contribution in [3.63, 3.8) is 0 Å². The smallest absolute Gasteiger partial charge is 0.313 e. The van der Waals surface area contributed by atoms with E-state index >= 15 is 0 Å². The average molecular weight is 255 g/mol. The van der Waals surface area contributed by atoms with E-state index in [0.29, 0.717) is 12.0 Å². The highest BCUT2D eigenvalue weighted by Crippen LogP contribution is 2.45. The van der Waals surface area contributed by atoms with E-state index in [2.05, 4.69) is 28.6 Å². The summed E-state index contributed by atoms with van der Waals surface area (Å²) in [5.74, 6) is 0.886. The number of thioether (sulfide) groups is 1. The normalized spacial score (nSPS) is 22.7. The molecule has 0 aliphatic heterocycles. The Morgan fingerprint density at radius 3 is 2.82 bits per heavy atom. The molecule has 94 valence electrons. The molecule has 1 aliphatic rings. The van der Waals surface area contributed by atoms with Crippen molar-refractivity contribution in [3.8, 4) is 0 Å². The summed E-state index contributed by atoms with van der Waals surface area (Å²) in [5.41, 5.74) is 0.